The fourth-order valence-electron chi connectivity index (χ4n) is 1.95. The van der Waals surface area contributed by atoms with Gasteiger partial charge in [0.1, 0.15) is 0 Å². The minimum absolute atomic E-state index is 0.0840. The predicted octanol–water partition coefficient (Wildman–Crippen LogP) is 1.53. The third-order valence-corrected chi connectivity index (χ3v) is 3.28. The number of ether oxygens (including phenoxy) is 1. The van der Waals surface area contributed by atoms with Crippen LogP contribution in [-0.4, -0.2) is 29.5 Å². The van der Waals surface area contributed by atoms with Gasteiger partial charge in [-0.1, -0.05) is 13.0 Å². The fourth-order valence-corrected chi connectivity index (χ4v) is 1.95. The van der Waals surface area contributed by atoms with Gasteiger partial charge in [-0.3, -0.25) is 14.9 Å². The molecule has 0 spiro atoms. The maximum Gasteiger partial charge on any atom is 0.311 e. The molecule has 7 heteroatoms. The van der Waals surface area contributed by atoms with Crippen LogP contribution in [0.1, 0.15) is 25.8 Å². The topological polar surface area (TPSA) is 107 Å². The molecule has 1 rings (SSSR count). The van der Waals surface area contributed by atoms with Crippen LogP contribution in [-0.2, 0) is 4.79 Å². The van der Waals surface area contributed by atoms with Gasteiger partial charge >= 0.3 is 5.69 Å². The van der Waals surface area contributed by atoms with E-state index in [9.17, 15) is 14.9 Å². The number of carbonyl (C=O) groups is 1. The lowest BCUT2D eigenvalue weighted by Crippen LogP contribution is -2.53. The Morgan fingerprint density at radius 1 is 1.52 bits per heavy atom. The molecular formula is C14H21N3O4. The van der Waals surface area contributed by atoms with Gasteiger partial charge in [0.05, 0.1) is 17.1 Å². The number of hydrogen-bond acceptors (Lipinski definition) is 5. The van der Waals surface area contributed by atoms with Gasteiger partial charge < -0.3 is 15.8 Å². The van der Waals surface area contributed by atoms with Crippen molar-refractivity contribution in [1.82, 2.24) is 5.32 Å². The summed E-state index contributed by atoms with van der Waals surface area (Å²) in [6, 6.07) is 4.75. The van der Waals surface area contributed by atoms with Gasteiger partial charge in [0, 0.05) is 12.5 Å². The van der Waals surface area contributed by atoms with Gasteiger partial charge in [0.25, 0.3) is 0 Å². The van der Waals surface area contributed by atoms with Gasteiger partial charge in [0.15, 0.2) is 5.75 Å². The number of primary amides is 1. The summed E-state index contributed by atoms with van der Waals surface area (Å²) < 4.78 is 5.46. The Morgan fingerprint density at radius 3 is 2.71 bits per heavy atom. The first-order valence-corrected chi connectivity index (χ1v) is 6.73. The molecule has 0 saturated heterocycles. The zero-order valence-corrected chi connectivity index (χ0v) is 12.5. The van der Waals surface area contributed by atoms with Gasteiger partial charge in [-0.05, 0) is 32.0 Å². The van der Waals surface area contributed by atoms with Crippen LogP contribution in [0.15, 0.2) is 18.2 Å². The van der Waals surface area contributed by atoms with Crippen LogP contribution < -0.4 is 15.8 Å². The molecule has 0 aliphatic carbocycles. The summed E-state index contributed by atoms with van der Waals surface area (Å²) in [5, 5.41) is 14.0. The second-order valence-corrected chi connectivity index (χ2v) is 5.05. The third-order valence-electron chi connectivity index (χ3n) is 3.28. The highest BCUT2D eigenvalue weighted by Crippen LogP contribution is 2.28. The Balaban J connectivity index is 2.76. The first kappa shape index (κ1) is 16.9. The smallest absolute Gasteiger partial charge is 0.311 e. The Bertz CT molecular complexity index is 533. The molecule has 7 nitrogen and oxygen atoms in total. The van der Waals surface area contributed by atoms with Crippen LogP contribution in [0.5, 0.6) is 5.75 Å². The molecule has 0 saturated carbocycles. The second-order valence-electron chi connectivity index (χ2n) is 5.05. The van der Waals surface area contributed by atoms with Crippen LogP contribution in [0.2, 0.25) is 0 Å². The van der Waals surface area contributed by atoms with E-state index in [-0.39, 0.29) is 18.0 Å². The van der Waals surface area contributed by atoms with Gasteiger partial charge in [-0.2, -0.15) is 0 Å². The Morgan fingerprint density at radius 2 is 2.19 bits per heavy atom. The molecule has 1 unspecified atom stereocenters. The number of nitrogens with zero attached hydrogens (tertiary/aromatic N) is 1. The number of benzene rings is 1. The van der Waals surface area contributed by atoms with E-state index in [4.69, 9.17) is 10.5 Å². The molecule has 1 atom stereocenters. The van der Waals surface area contributed by atoms with Crippen molar-refractivity contribution in [2.24, 2.45) is 5.73 Å². The fraction of sp³-hybridized carbons (Fsp3) is 0.500. The number of hydrogen-bond donors (Lipinski definition) is 2. The molecular weight excluding hydrogens is 274 g/mol. The number of carbonyl (C=O) groups excluding carboxylic acids is 1. The number of nitrogens with one attached hydrogen (secondary N) is 1. The van der Waals surface area contributed by atoms with E-state index in [1.165, 1.54) is 6.07 Å². The van der Waals surface area contributed by atoms with Crippen molar-refractivity contribution in [3.8, 4) is 5.75 Å². The van der Waals surface area contributed by atoms with E-state index in [0.717, 1.165) is 5.56 Å². The molecule has 0 radical (unpaired) electrons. The second kappa shape index (κ2) is 7.03. The summed E-state index contributed by atoms with van der Waals surface area (Å²) in [6.45, 7) is 6.06. The first-order chi connectivity index (χ1) is 9.80. The average molecular weight is 295 g/mol. The van der Waals surface area contributed by atoms with E-state index >= 15 is 0 Å². The van der Waals surface area contributed by atoms with Crippen molar-refractivity contribution < 1.29 is 14.5 Å². The zero-order valence-electron chi connectivity index (χ0n) is 12.5. The number of rotatable bonds is 8. The number of nitro benzene ring substituents is 1. The van der Waals surface area contributed by atoms with Crippen molar-refractivity contribution in [1.29, 1.82) is 0 Å². The van der Waals surface area contributed by atoms with Crippen molar-refractivity contribution in [2.75, 3.05) is 13.2 Å². The molecule has 0 bridgehead atoms. The minimum Gasteiger partial charge on any atom is -0.487 e. The predicted molar refractivity (Wildman–Crippen MR) is 79.2 cm³/mol. The standard InChI is InChI=1S/C14H21N3O4/c1-4-16-14(3,13(15)18)7-8-21-12-6-5-10(2)9-11(12)17(19)20/h5-6,9,16H,4,7-8H2,1-3H3,(H2,15,18). The summed E-state index contributed by atoms with van der Waals surface area (Å²) >= 11 is 0. The maximum absolute atomic E-state index is 11.5. The number of amides is 1. The van der Waals surface area contributed by atoms with Crippen LogP contribution in [0.25, 0.3) is 0 Å². The Labute approximate surface area is 123 Å². The van der Waals surface area contributed by atoms with Gasteiger partial charge in [0.2, 0.25) is 5.91 Å². The van der Waals surface area contributed by atoms with Crippen LogP contribution in [0.3, 0.4) is 0 Å². The van der Waals surface area contributed by atoms with Crippen molar-refractivity contribution in [2.45, 2.75) is 32.7 Å². The molecule has 0 heterocycles. The van der Waals surface area contributed by atoms with E-state index in [1.807, 2.05) is 6.92 Å². The van der Waals surface area contributed by atoms with Crippen molar-refractivity contribution in [3.05, 3.63) is 33.9 Å². The third kappa shape index (κ3) is 4.42. The van der Waals surface area contributed by atoms with Gasteiger partial charge in [-0.25, -0.2) is 0 Å². The quantitative estimate of drug-likeness (QED) is 0.558. The summed E-state index contributed by atoms with van der Waals surface area (Å²) in [6.07, 6.45) is 0.321. The lowest BCUT2D eigenvalue weighted by Gasteiger charge is -2.26. The number of nitrogens with two attached hydrogens (primary N) is 1. The molecule has 1 aromatic carbocycles. The maximum atomic E-state index is 11.5. The molecule has 0 aliphatic heterocycles. The molecule has 116 valence electrons. The van der Waals surface area contributed by atoms with Crippen molar-refractivity contribution in [3.63, 3.8) is 0 Å². The number of likely N-dealkylation sites (N-methyl/N-ethyl adjacent to an activating group) is 1. The minimum atomic E-state index is -0.895. The lowest BCUT2D eigenvalue weighted by atomic mass is 9.97. The molecule has 0 aliphatic rings. The highest BCUT2D eigenvalue weighted by atomic mass is 16.6. The SMILES string of the molecule is CCNC(C)(CCOc1ccc(C)cc1[N+](=O)[O-])C(N)=O. The number of aryl methyl sites for hydroxylation is 1. The number of nitro groups is 1. The van der Waals surface area contributed by atoms with Crippen molar-refractivity contribution >= 4 is 11.6 Å². The highest BCUT2D eigenvalue weighted by Gasteiger charge is 2.30. The summed E-state index contributed by atoms with van der Waals surface area (Å²) in [4.78, 5) is 22.0. The zero-order chi connectivity index (χ0) is 16.0. The van der Waals surface area contributed by atoms with Crippen LogP contribution in [0, 0.1) is 17.0 Å². The molecule has 1 aromatic rings. The van der Waals surface area contributed by atoms with Crippen LogP contribution in [0.4, 0.5) is 5.69 Å². The normalized spacial score (nSPS) is 13.5. The summed E-state index contributed by atoms with van der Waals surface area (Å²) in [5.74, 6) is -0.291. The Hall–Kier alpha value is -2.15. The molecule has 21 heavy (non-hydrogen) atoms. The van der Waals surface area contributed by atoms with E-state index in [0.29, 0.717) is 13.0 Å². The molecule has 1 amide bonds. The molecule has 0 fully saturated rings. The average Bonchev–Trinajstić information content (AvgIpc) is 2.40. The van der Waals surface area contributed by atoms with E-state index in [2.05, 4.69) is 5.32 Å². The first-order valence-electron chi connectivity index (χ1n) is 6.73. The summed E-state index contributed by atoms with van der Waals surface area (Å²) in [5.41, 5.74) is 5.17. The largest absolute Gasteiger partial charge is 0.487 e. The van der Waals surface area contributed by atoms with Crippen LogP contribution >= 0.6 is 0 Å². The Kier molecular flexibility index (Phi) is 5.66. The summed E-state index contributed by atoms with van der Waals surface area (Å²) in [7, 11) is 0. The van der Waals surface area contributed by atoms with E-state index < -0.39 is 16.4 Å². The molecule has 0 aromatic heterocycles. The highest BCUT2D eigenvalue weighted by molar-refractivity contribution is 5.84. The lowest BCUT2D eigenvalue weighted by molar-refractivity contribution is -0.385. The molecule has 3 N–H and O–H groups in total. The monoisotopic (exact) mass is 295 g/mol. The van der Waals surface area contributed by atoms with Gasteiger partial charge in [-0.15, -0.1) is 0 Å². The van der Waals surface area contributed by atoms with E-state index in [1.54, 1.807) is 26.0 Å².